The molecule has 0 amide bonds. The van der Waals surface area contributed by atoms with Gasteiger partial charge in [-0.1, -0.05) is 28.1 Å². The van der Waals surface area contributed by atoms with Gasteiger partial charge in [0.2, 0.25) is 0 Å². The minimum absolute atomic E-state index is 0.211. The van der Waals surface area contributed by atoms with Crippen molar-refractivity contribution in [1.82, 2.24) is 5.32 Å². The van der Waals surface area contributed by atoms with Crippen LogP contribution >= 0.6 is 15.9 Å². The summed E-state index contributed by atoms with van der Waals surface area (Å²) in [4.78, 5) is 0. The fraction of sp³-hybridized carbons (Fsp3) is 0.200. The van der Waals surface area contributed by atoms with Crippen LogP contribution in [0.25, 0.3) is 0 Å². The molecule has 0 aliphatic heterocycles. The van der Waals surface area contributed by atoms with Crippen molar-refractivity contribution < 1.29 is 9.13 Å². The molecule has 0 radical (unpaired) electrons. The van der Waals surface area contributed by atoms with E-state index < -0.39 is 0 Å². The third kappa shape index (κ3) is 4.04. The summed E-state index contributed by atoms with van der Waals surface area (Å²) in [6.45, 7) is 1.38. The standard InChI is InChI=1S/C15H15BrFNO/c1-19-15-7-4-13(16)8-12(15)10-18-9-11-2-5-14(17)6-3-11/h2-8,18H,9-10H2,1H3. The molecule has 0 heterocycles. The minimum Gasteiger partial charge on any atom is -0.496 e. The lowest BCUT2D eigenvalue weighted by molar-refractivity contribution is 0.407. The quantitative estimate of drug-likeness (QED) is 0.901. The van der Waals surface area contributed by atoms with Gasteiger partial charge in [0, 0.05) is 23.1 Å². The maximum absolute atomic E-state index is 12.8. The number of benzene rings is 2. The van der Waals surface area contributed by atoms with Crippen molar-refractivity contribution in [2.75, 3.05) is 7.11 Å². The summed E-state index contributed by atoms with van der Waals surface area (Å²) in [6, 6.07) is 12.4. The van der Waals surface area contributed by atoms with Crippen molar-refractivity contribution in [2.24, 2.45) is 0 Å². The first-order chi connectivity index (χ1) is 9.19. The molecule has 2 aromatic rings. The molecule has 19 heavy (non-hydrogen) atoms. The third-order valence-corrected chi connectivity index (χ3v) is 3.29. The second-order valence-electron chi connectivity index (χ2n) is 4.19. The molecule has 0 atom stereocenters. The zero-order chi connectivity index (χ0) is 13.7. The topological polar surface area (TPSA) is 21.3 Å². The largest absolute Gasteiger partial charge is 0.496 e. The van der Waals surface area contributed by atoms with Crippen molar-refractivity contribution in [1.29, 1.82) is 0 Å². The Morgan fingerprint density at radius 2 is 1.84 bits per heavy atom. The minimum atomic E-state index is -0.211. The van der Waals surface area contributed by atoms with E-state index in [-0.39, 0.29) is 5.82 Å². The van der Waals surface area contributed by atoms with Crippen LogP contribution in [0, 0.1) is 5.82 Å². The maximum Gasteiger partial charge on any atom is 0.123 e. The molecule has 0 aliphatic rings. The zero-order valence-electron chi connectivity index (χ0n) is 10.6. The summed E-state index contributed by atoms with van der Waals surface area (Å²) in [6.07, 6.45) is 0. The normalized spacial score (nSPS) is 10.5. The van der Waals surface area contributed by atoms with E-state index in [2.05, 4.69) is 21.2 Å². The second-order valence-corrected chi connectivity index (χ2v) is 5.10. The van der Waals surface area contributed by atoms with E-state index in [1.54, 1.807) is 19.2 Å². The Labute approximate surface area is 120 Å². The number of halogens is 2. The van der Waals surface area contributed by atoms with Gasteiger partial charge in [0.05, 0.1) is 7.11 Å². The van der Waals surface area contributed by atoms with Crippen LogP contribution in [0.1, 0.15) is 11.1 Å². The van der Waals surface area contributed by atoms with Gasteiger partial charge in [-0.2, -0.15) is 0 Å². The molecule has 1 N–H and O–H groups in total. The third-order valence-electron chi connectivity index (χ3n) is 2.80. The fourth-order valence-corrected chi connectivity index (χ4v) is 2.24. The van der Waals surface area contributed by atoms with Gasteiger partial charge in [0.15, 0.2) is 0 Å². The van der Waals surface area contributed by atoms with Gasteiger partial charge in [0.25, 0.3) is 0 Å². The van der Waals surface area contributed by atoms with Gasteiger partial charge >= 0.3 is 0 Å². The van der Waals surface area contributed by atoms with Crippen LogP contribution in [0.4, 0.5) is 4.39 Å². The van der Waals surface area contributed by atoms with Gasteiger partial charge in [-0.05, 0) is 35.9 Å². The van der Waals surface area contributed by atoms with Crippen molar-refractivity contribution in [3.63, 3.8) is 0 Å². The molecule has 0 aromatic heterocycles. The molecule has 0 saturated heterocycles. The molecule has 0 spiro atoms. The number of nitrogens with one attached hydrogen (secondary N) is 1. The Morgan fingerprint density at radius 3 is 2.53 bits per heavy atom. The number of rotatable bonds is 5. The summed E-state index contributed by atoms with van der Waals surface area (Å²) in [5.74, 6) is 0.646. The Hall–Kier alpha value is -1.39. The van der Waals surface area contributed by atoms with E-state index >= 15 is 0 Å². The molecule has 0 fully saturated rings. The van der Waals surface area contributed by atoms with Gasteiger partial charge in [-0.3, -0.25) is 0 Å². The smallest absolute Gasteiger partial charge is 0.123 e. The van der Waals surface area contributed by atoms with E-state index in [1.807, 2.05) is 18.2 Å². The van der Waals surface area contributed by atoms with E-state index in [1.165, 1.54) is 12.1 Å². The van der Waals surface area contributed by atoms with E-state index in [4.69, 9.17) is 4.74 Å². The summed E-state index contributed by atoms with van der Waals surface area (Å²) in [5, 5.41) is 3.32. The SMILES string of the molecule is COc1ccc(Br)cc1CNCc1ccc(F)cc1. The van der Waals surface area contributed by atoms with Crippen molar-refractivity contribution in [3.8, 4) is 5.75 Å². The molecule has 2 aromatic carbocycles. The number of methoxy groups -OCH3 is 1. The van der Waals surface area contributed by atoms with Gasteiger partial charge in [-0.25, -0.2) is 4.39 Å². The van der Waals surface area contributed by atoms with Crippen molar-refractivity contribution in [2.45, 2.75) is 13.1 Å². The fourth-order valence-electron chi connectivity index (χ4n) is 1.83. The van der Waals surface area contributed by atoms with Gasteiger partial charge in [0.1, 0.15) is 11.6 Å². The predicted molar refractivity (Wildman–Crippen MR) is 77.6 cm³/mol. The van der Waals surface area contributed by atoms with Crippen molar-refractivity contribution in [3.05, 3.63) is 63.9 Å². The molecule has 2 rings (SSSR count). The van der Waals surface area contributed by atoms with Crippen LogP contribution in [0.3, 0.4) is 0 Å². The molecule has 4 heteroatoms. The lowest BCUT2D eigenvalue weighted by atomic mass is 10.2. The van der Waals surface area contributed by atoms with Crippen LogP contribution in [-0.2, 0) is 13.1 Å². The molecule has 100 valence electrons. The molecule has 2 nitrogen and oxygen atoms in total. The number of hydrogen-bond acceptors (Lipinski definition) is 2. The molecule has 0 saturated carbocycles. The number of hydrogen-bond donors (Lipinski definition) is 1. The highest BCUT2D eigenvalue weighted by molar-refractivity contribution is 9.10. The molecule has 0 bridgehead atoms. The van der Waals surface area contributed by atoms with Crippen LogP contribution in [0.15, 0.2) is 46.9 Å². The highest BCUT2D eigenvalue weighted by Crippen LogP contribution is 2.22. The molecule has 0 unspecified atom stereocenters. The average molecular weight is 324 g/mol. The van der Waals surface area contributed by atoms with E-state index in [0.29, 0.717) is 13.1 Å². The summed E-state index contributed by atoms with van der Waals surface area (Å²) in [7, 11) is 1.66. The van der Waals surface area contributed by atoms with Gasteiger partial charge < -0.3 is 10.1 Å². The lowest BCUT2D eigenvalue weighted by Crippen LogP contribution is -2.13. The van der Waals surface area contributed by atoms with Crippen LogP contribution in [0.5, 0.6) is 5.75 Å². The van der Waals surface area contributed by atoms with Gasteiger partial charge in [-0.15, -0.1) is 0 Å². The molecule has 0 aliphatic carbocycles. The first-order valence-corrected chi connectivity index (χ1v) is 6.76. The second kappa shape index (κ2) is 6.68. The molecular formula is C15H15BrFNO. The van der Waals surface area contributed by atoms with Crippen LogP contribution < -0.4 is 10.1 Å². The average Bonchev–Trinajstić information content (AvgIpc) is 2.41. The predicted octanol–water partition coefficient (Wildman–Crippen LogP) is 3.89. The summed E-state index contributed by atoms with van der Waals surface area (Å²) in [5.41, 5.74) is 2.13. The highest BCUT2D eigenvalue weighted by Gasteiger charge is 2.03. The van der Waals surface area contributed by atoms with Crippen molar-refractivity contribution >= 4 is 15.9 Å². The Morgan fingerprint density at radius 1 is 1.11 bits per heavy atom. The summed E-state index contributed by atoms with van der Waals surface area (Å²) < 4.78 is 19.1. The Bertz CT molecular complexity index is 542. The van der Waals surface area contributed by atoms with Crippen LogP contribution in [-0.4, -0.2) is 7.11 Å². The lowest BCUT2D eigenvalue weighted by Gasteiger charge is -2.10. The monoisotopic (exact) mass is 323 g/mol. The Kier molecular flexibility index (Phi) is 4.93. The zero-order valence-corrected chi connectivity index (χ0v) is 12.2. The molecular weight excluding hydrogens is 309 g/mol. The number of ether oxygens (including phenoxy) is 1. The first kappa shape index (κ1) is 14.0. The van der Waals surface area contributed by atoms with E-state index in [9.17, 15) is 4.39 Å². The van der Waals surface area contributed by atoms with Crippen LogP contribution in [0.2, 0.25) is 0 Å². The summed E-state index contributed by atoms with van der Waals surface area (Å²) >= 11 is 3.45. The highest BCUT2D eigenvalue weighted by atomic mass is 79.9. The Balaban J connectivity index is 1.95. The maximum atomic E-state index is 12.8. The first-order valence-electron chi connectivity index (χ1n) is 5.96. The van der Waals surface area contributed by atoms with E-state index in [0.717, 1.165) is 21.3 Å².